The van der Waals surface area contributed by atoms with Crippen LogP contribution in [-0.4, -0.2) is 54.1 Å². The molecule has 1 aromatic carbocycles. The van der Waals surface area contributed by atoms with Crippen LogP contribution in [0.5, 0.6) is 5.75 Å². The van der Waals surface area contributed by atoms with E-state index in [0.29, 0.717) is 16.9 Å². The van der Waals surface area contributed by atoms with E-state index in [2.05, 4.69) is 4.98 Å². The van der Waals surface area contributed by atoms with Gasteiger partial charge in [0.25, 0.3) is 11.7 Å². The number of aliphatic hydroxyl groups excluding tert-OH is 1. The Kier molecular flexibility index (Phi) is 5.75. The third kappa shape index (κ3) is 3.48. The van der Waals surface area contributed by atoms with E-state index in [-0.39, 0.29) is 24.5 Å². The van der Waals surface area contributed by atoms with Gasteiger partial charge in [-0.25, -0.2) is 0 Å². The minimum atomic E-state index is -0.730. The van der Waals surface area contributed by atoms with Gasteiger partial charge in [-0.15, -0.1) is 0 Å². The summed E-state index contributed by atoms with van der Waals surface area (Å²) in [6.07, 6.45) is 3.20. The number of amides is 1. The van der Waals surface area contributed by atoms with Crippen LogP contribution in [0.2, 0.25) is 0 Å². The summed E-state index contributed by atoms with van der Waals surface area (Å²) < 4.78 is 10.3. The van der Waals surface area contributed by atoms with Gasteiger partial charge in [0.05, 0.1) is 25.3 Å². The Hall–Kier alpha value is -3.19. The predicted octanol–water partition coefficient (Wildman–Crippen LogP) is 2.47. The first-order valence-electron chi connectivity index (χ1n) is 8.81. The number of methoxy groups -OCH3 is 2. The third-order valence-corrected chi connectivity index (χ3v) is 4.74. The van der Waals surface area contributed by atoms with Crippen LogP contribution in [0.25, 0.3) is 5.76 Å². The van der Waals surface area contributed by atoms with Crippen molar-refractivity contribution in [3.63, 3.8) is 0 Å². The average Bonchev–Trinajstić information content (AvgIpc) is 2.97. The van der Waals surface area contributed by atoms with Gasteiger partial charge in [-0.1, -0.05) is 6.07 Å². The number of likely N-dealkylation sites (tertiary alicyclic amines) is 1. The maximum atomic E-state index is 12.8. The van der Waals surface area contributed by atoms with Crippen LogP contribution in [0.3, 0.4) is 0 Å². The van der Waals surface area contributed by atoms with Crippen LogP contribution in [0.4, 0.5) is 0 Å². The van der Waals surface area contributed by atoms with Gasteiger partial charge in [0, 0.05) is 31.6 Å². The summed E-state index contributed by atoms with van der Waals surface area (Å²) in [5.74, 6) is -0.951. The average molecular weight is 382 g/mol. The monoisotopic (exact) mass is 382 g/mol. The van der Waals surface area contributed by atoms with Crippen LogP contribution in [-0.2, 0) is 14.3 Å². The molecule has 1 N–H and O–H groups in total. The second-order valence-electron chi connectivity index (χ2n) is 6.46. The van der Waals surface area contributed by atoms with Gasteiger partial charge in [0.2, 0.25) is 0 Å². The van der Waals surface area contributed by atoms with Crippen molar-refractivity contribution in [3.05, 3.63) is 65.0 Å². The molecule has 28 heavy (non-hydrogen) atoms. The van der Waals surface area contributed by atoms with E-state index >= 15 is 0 Å². The van der Waals surface area contributed by atoms with Gasteiger partial charge in [-0.05, 0) is 42.3 Å². The zero-order valence-electron chi connectivity index (χ0n) is 16.0. The van der Waals surface area contributed by atoms with E-state index in [1.165, 1.54) is 12.0 Å². The van der Waals surface area contributed by atoms with Gasteiger partial charge in [-0.3, -0.25) is 14.6 Å². The molecule has 1 aliphatic heterocycles. The lowest BCUT2D eigenvalue weighted by Crippen LogP contribution is -2.32. The maximum absolute atomic E-state index is 12.8. The van der Waals surface area contributed by atoms with Crippen LogP contribution in [0.15, 0.2) is 48.3 Å². The first kappa shape index (κ1) is 19.6. The quantitative estimate of drug-likeness (QED) is 0.469. The van der Waals surface area contributed by atoms with Crippen molar-refractivity contribution < 1.29 is 24.2 Å². The minimum Gasteiger partial charge on any atom is -0.507 e. The van der Waals surface area contributed by atoms with Crippen molar-refractivity contribution in [2.45, 2.75) is 13.0 Å². The molecule has 2 heterocycles. The van der Waals surface area contributed by atoms with Crippen molar-refractivity contribution in [1.82, 2.24) is 9.88 Å². The Morgan fingerprint density at radius 1 is 1.25 bits per heavy atom. The fourth-order valence-corrected chi connectivity index (χ4v) is 3.37. The molecule has 0 unspecified atom stereocenters. The number of pyridine rings is 1. The molecule has 0 bridgehead atoms. The highest BCUT2D eigenvalue weighted by Gasteiger charge is 2.45. The molecule has 7 nitrogen and oxygen atoms in total. The van der Waals surface area contributed by atoms with E-state index in [1.54, 1.807) is 49.8 Å². The lowest BCUT2D eigenvalue weighted by Gasteiger charge is -2.24. The minimum absolute atomic E-state index is 0.0404. The van der Waals surface area contributed by atoms with E-state index in [0.717, 1.165) is 5.56 Å². The molecule has 1 saturated heterocycles. The Balaban J connectivity index is 2.15. The van der Waals surface area contributed by atoms with E-state index < -0.39 is 17.7 Å². The number of aromatic nitrogens is 1. The van der Waals surface area contributed by atoms with Crippen LogP contribution in [0.1, 0.15) is 22.7 Å². The predicted molar refractivity (Wildman–Crippen MR) is 103 cm³/mol. The second kappa shape index (κ2) is 8.22. The number of ether oxygens (including phenoxy) is 2. The fraction of sp³-hybridized carbons (Fsp3) is 0.286. The third-order valence-electron chi connectivity index (χ3n) is 4.74. The topological polar surface area (TPSA) is 89.0 Å². The summed E-state index contributed by atoms with van der Waals surface area (Å²) >= 11 is 0. The maximum Gasteiger partial charge on any atom is 0.295 e. The summed E-state index contributed by atoms with van der Waals surface area (Å²) in [5, 5.41) is 11.0. The highest BCUT2D eigenvalue weighted by atomic mass is 16.5. The normalized spacial score (nSPS) is 18.5. The number of hydrogen-bond donors (Lipinski definition) is 1. The van der Waals surface area contributed by atoms with Gasteiger partial charge in [0.1, 0.15) is 11.5 Å². The number of Topliss-reactive ketones (excluding diaryl/α,β-unsaturated/α-hetero) is 1. The van der Waals surface area contributed by atoms with E-state index in [4.69, 9.17) is 9.47 Å². The summed E-state index contributed by atoms with van der Waals surface area (Å²) in [6.45, 7) is 2.33. The first-order valence-corrected chi connectivity index (χ1v) is 8.81. The van der Waals surface area contributed by atoms with Crippen molar-refractivity contribution in [3.8, 4) is 5.75 Å². The van der Waals surface area contributed by atoms with Crippen molar-refractivity contribution in [2.75, 3.05) is 27.4 Å². The van der Waals surface area contributed by atoms with Crippen LogP contribution in [0, 0.1) is 6.92 Å². The number of hydrogen-bond acceptors (Lipinski definition) is 6. The summed E-state index contributed by atoms with van der Waals surface area (Å²) in [4.78, 5) is 30.9. The molecule has 1 aliphatic rings. The Morgan fingerprint density at radius 2 is 2.04 bits per heavy atom. The molecule has 0 spiro atoms. The zero-order valence-corrected chi connectivity index (χ0v) is 16.0. The highest BCUT2D eigenvalue weighted by Crippen LogP contribution is 2.39. The second-order valence-corrected chi connectivity index (χ2v) is 6.46. The summed E-state index contributed by atoms with van der Waals surface area (Å²) in [6, 6.07) is 7.86. The Labute approximate surface area is 163 Å². The molecule has 2 aromatic rings. The van der Waals surface area contributed by atoms with Crippen molar-refractivity contribution >= 4 is 17.4 Å². The number of aliphatic hydroxyl groups is 1. The number of aryl methyl sites for hydroxylation is 1. The first-order chi connectivity index (χ1) is 13.5. The molecule has 1 fully saturated rings. The molecule has 1 amide bonds. The Bertz CT molecular complexity index is 924. The molecular weight excluding hydrogens is 360 g/mol. The molecule has 3 rings (SSSR count). The standard InChI is InChI=1S/C21H22N2O5/c1-13-11-14(6-7-16(13)28-3)19(24)17-18(15-5-4-8-22-12-15)23(9-10-27-2)21(26)20(17)25/h4-8,11-12,18,24H,9-10H2,1-3H3/t18-/m1/s1. The molecule has 1 aromatic heterocycles. The smallest absolute Gasteiger partial charge is 0.295 e. The fourth-order valence-electron chi connectivity index (χ4n) is 3.37. The number of rotatable bonds is 6. The van der Waals surface area contributed by atoms with Gasteiger partial charge < -0.3 is 19.5 Å². The van der Waals surface area contributed by atoms with Crippen LogP contribution >= 0.6 is 0 Å². The van der Waals surface area contributed by atoms with E-state index in [9.17, 15) is 14.7 Å². The Morgan fingerprint density at radius 3 is 2.64 bits per heavy atom. The molecule has 1 atom stereocenters. The van der Waals surface area contributed by atoms with Gasteiger partial charge in [-0.2, -0.15) is 0 Å². The summed E-state index contributed by atoms with van der Waals surface area (Å²) in [7, 11) is 3.08. The molecular formula is C21H22N2O5. The number of carbonyl (C=O) groups excluding carboxylic acids is 2. The lowest BCUT2D eigenvalue weighted by molar-refractivity contribution is -0.140. The molecule has 0 radical (unpaired) electrons. The molecule has 7 heteroatoms. The zero-order chi connectivity index (χ0) is 20.3. The van der Waals surface area contributed by atoms with Crippen LogP contribution < -0.4 is 4.74 Å². The van der Waals surface area contributed by atoms with E-state index in [1.807, 2.05) is 6.92 Å². The number of benzene rings is 1. The van der Waals surface area contributed by atoms with Gasteiger partial charge in [0.15, 0.2) is 0 Å². The van der Waals surface area contributed by atoms with Gasteiger partial charge >= 0.3 is 0 Å². The molecule has 0 saturated carbocycles. The number of carbonyl (C=O) groups is 2. The highest BCUT2D eigenvalue weighted by molar-refractivity contribution is 6.46. The van der Waals surface area contributed by atoms with Crippen molar-refractivity contribution in [2.24, 2.45) is 0 Å². The SMILES string of the molecule is COCCN1C(=O)C(=O)C(=C(O)c2ccc(OC)c(C)c2)[C@H]1c1cccnc1. The number of nitrogens with zero attached hydrogens (tertiary/aromatic N) is 2. The largest absolute Gasteiger partial charge is 0.507 e. The molecule has 0 aliphatic carbocycles. The lowest BCUT2D eigenvalue weighted by atomic mass is 9.95. The summed E-state index contributed by atoms with van der Waals surface area (Å²) in [5.41, 5.74) is 1.93. The number of ketones is 1. The van der Waals surface area contributed by atoms with Crippen molar-refractivity contribution in [1.29, 1.82) is 0 Å². The molecule has 146 valence electrons.